The van der Waals surface area contributed by atoms with Crippen molar-refractivity contribution in [3.05, 3.63) is 60.2 Å². The van der Waals surface area contributed by atoms with E-state index in [1.165, 1.54) is 0 Å². The summed E-state index contributed by atoms with van der Waals surface area (Å²) < 4.78 is 11.2. The number of hydrogen-bond donors (Lipinski definition) is 0. The fourth-order valence-corrected chi connectivity index (χ4v) is 1.81. The summed E-state index contributed by atoms with van der Waals surface area (Å²) in [5, 5.41) is 0. The molecule has 0 saturated heterocycles. The molecule has 110 valence electrons. The van der Waals surface area contributed by atoms with Crippen molar-refractivity contribution >= 4 is 5.78 Å². The minimum Gasteiger partial charge on any atom is -0.488 e. The Kier molecular flexibility index (Phi) is 4.63. The zero-order valence-electron chi connectivity index (χ0n) is 12.6. The Morgan fingerprint density at radius 1 is 0.905 bits per heavy atom. The molecule has 2 aromatic carbocycles. The Morgan fingerprint density at radius 3 is 2.10 bits per heavy atom. The second-order valence-electron chi connectivity index (χ2n) is 5.76. The molecule has 0 heterocycles. The summed E-state index contributed by atoms with van der Waals surface area (Å²) in [7, 11) is 0. The van der Waals surface area contributed by atoms with Gasteiger partial charge in [-0.15, -0.1) is 0 Å². The van der Waals surface area contributed by atoms with E-state index in [2.05, 4.69) is 0 Å². The zero-order chi connectivity index (χ0) is 15.3. The Hall–Kier alpha value is -2.29. The summed E-state index contributed by atoms with van der Waals surface area (Å²) in [6, 6.07) is 16.4. The molecule has 0 aliphatic rings. The molecule has 21 heavy (non-hydrogen) atoms. The van der Waals surface area contributed by atoms with Crippen LogP contribution in [0.4, 0.5) is 0 Å². The molecule has 3 heteroatoms. The summed E-state index contributed by atoms with van der Waals surface area (Å²) in [5.74, 6) is 1.39. The molecular formula is C18H20O3. The molecule has 0 aromatic heterocycles. The van der Waals surface area contributed by atoms with Crippen molar-refractivity contribution in [2.45, 2.75) is 26.4 Å². The van der Waals surface area contributed by atoms with Crippen LogP contribution in [0.2, 0.25) is 0 Å². The molecule has 0 fully saturated rings. The summed E-state index contributed by atoms with van der Waals surface area (Å²) in [6.07, 6.45) is 0. The van der Waals surface area contributed by atoms with Gasteiger partial charge in [0, 0.05) is 5.56 Å². The smallest absolute Gasteiger partial charge is 0.200 e. The SMILES string of the molecule is CC(C)(C)Oc1ccc(C(=O)COc2ccccc2)cc1. The molecule has 0 bridgehead atoms. The first kappa shape index (κ1) is 15.1. The van der Waals surface area contributed by atoms with Crippen LogP contribution < -0.4 is 9.47 Å². The number of ether oxygens (including phenoxy) is 2. The first-order valence-electron chi connectivity index (χ1n) is 6.94. The van der Waals surface area contributed by atoms with Crippen LogP contribution >= 0.6 is 0 Å². The molecule has 2 aromatic rings. The van der Waals surface area contributed by atoms with Crippen molar-refractivity contribution in [3.8, 4) is 11.5 Å². The first-order valence-corrected chi connectivity index (χ1v) is 6.94. The molecule has 0 radical (unpaired) electrons. The highest BCUT2D eigenvalue weighted by Gasteiger charge is 2.12. The third-order valence-electron chi connectivity index (χ3n) is 2.71. The van der Waals surface area contributed by atoms with Crippen LogP contribution in [0.1, 0.15) is 31.1 Å². The van der Waals surface area contributed by atoms with E-state index in [0.29, 0.717) is 11.3 Å². The van der Waals surface area contributed by atoms with Gasteiger partial charge in [-0.1, -0.05) is 18.2 Å². The van der Waals surface area contributed by atoms with Crippen molar-refractivity contribution in [3.63, 3.8) is 0 Å². The minimum absolute atomic E-state index is 0.0312. The van der Waals surface area contributed by atoms with Gasteiger partial charge in [-0.05, 0) is 57.2 Å². The molecule has 0 N–H and O–H groups in total. The summed E-state index contributed by atoms with van der Waals surface area (Å²) >= 11 is 0. The minimum atomic E-state index is -0.248. The molecule has 0 atom stereocenters. The van der Waals surface area contributed by atoms with Gasteiger partial charge >= 0.3 is 0 Å². The lowest BCUT2D eigenvalue weighted by Gasteiger charge is -2.21. The maximum Gasteiger partial charge on any atom is 0.200 e. The number of carbonyl (C=O) groups is 1. The average molecular weight is 284 g/mol. The molecule has 0 aliphatic heterocycles. The Bertz CT molecular complexity index is 580. The van der Waals surface area contributed by atoms with E-state index in [9.17, 15) is 4.79 Å². The number of carbonyl (C=O) groups excluding carboxylic acids is 1. The van der Waals surface area contributed by atoms with E-state index in [1.807, 2.05) is 51.1 Å². The van der Waals surface area contributed by atoms with Crippen LogP contribution in [0.15, 0.2) is 54.6 Å². The van der Waals surface area contributed by atoms with Gasteiger partial charge in [0.05, 0.1) is 0 Å². The fourth-order valence-electron chi connectivity index (χ4n) is 1.81. The number of ketones is 1. The lowest BCUT2D eigenvalue weighted by molar-refractivity contribution is 0.0921. The monoisotopic (exact) mass is 284 g/mol. The van der Waals surface area contributed by atoms with E-state index in [0.717, 1.165) is 5.75 Å². The van der Waals surface area contributed by atoms with E-state index in [-0.39, 0.29) is 18.0 Å². The van der Waals surface area contributed by atoms with Crippen LogP contribution in [0, 0.1) is 0 Å². The van der Waals surface area contributed by atoms with Crippen molar-refractivity contribution in [1.29, 1.82) is 0 Å². The predicted octanol–water partition coefficient (Wildman–Crippen LogP) is 4.13. The average Bonchev–Trinajstić information content (AvgIpc) is 2.45. The second kappa shape index (κ2) is 6.44. The molecule has 3 nitrogen and oxygen atoms in total. The number of benzene rings is 2. The van der Waals surface area contributed by atoms with Crippen LogP contribution in [0.3, 0.4) is 0 Å². The molecule has 0 spiro atoms. The predicted molar refractivity (Wildman–Crippen MR) is 83.1 cm³/mol. The van der Waals surface area contributed by atoms with Crippen LogP contribution in [0.25, 0.3) is 0 Å². The fraction of sp³-hybridized carbons (Fsp3) is 0.278. The van der Waals surface area contributed by atoms with E-state index in [1.54, 1.807) is 24.3 Å². The largest absolute Gasteiger partial charge is 0.488 e. The molecular weight excluding hydrogens is 264 g/mol. The van der Waals surface area contributed by atoms with Gasteiger partial charge in [0.2, 0.25) is 0 Å². The second-order valence-corrected chi connectivity index (χ2v) is 5.76. The third-order valence-corrected chi connectivity index (χ3v) is 2.71. The summed E-state index contributed by atoms with van der Waals surface area (Å²) in [6.45, 7) is 5.99. The van der Waals surface area contributed by atoms with E-state index in [4.69, 9.17) is 9.47 Å². The van der Waals surface area contributed by atoms with E-state index < -0.39 is 0 Å². The molecule has 0 saturated carbocycles. The normalized spacial score (nSPS) is 11.0. The van der Waals surface area contributed by atoms with E-state index >= 15 is 0 Å². The van der Waals surface area contributed by atoms with Crippen molar-refractivity contribution in [2.24, 2.45) is 0 Å². The zero-order valence-corrected chi connectivity index (χ0v) is 12.6. The Morgan fingerprint density at radius 2 is 1.52 bits per heavy atom. The molecule has 0 unspecified atom stereocenters. The quantitative estimate of drug-likeness (QED) is 0.775. The van der Waals surface area contributed by atoms with Crippen LogP contribution in [-0.2, 0) is 0 Å². The Labute approximate surface area is 125 Å². The van der Waals surface area contributed by atoms with Crippen LogP contribution in [-0.4, -0.2) is 18.0 Å². The van der Waals surface area contributed by atoms with Gasteiger partial charge in [-0.25, -0.2) is 0 Å². The highest BCUT2D eigenvalue weighted by molar-refractivity contribution is 5.97. The first-order chi connectivity index (χ1) is 9.94. The summed E-state index contributed by atoms with van der Waals surface area (Å²) in [5.41, 5.74) is 0.370. The lowest BCUT2D eigenvalue weighted by atomic mass is 10.1. The van der Waals surface area contributed by atoms with Crippen molar-refractivity contribution < 1.29 is 14.3 Å². The number of para-hydroxylation sites is 1. The molecule has 0 aliphatic carbocycles. The molecule has 0 amide bonds. The number of Topliss-reactive ketones (excluding diaryl/α,β-unsaturated/α-hetero) is 1. The van der Waals surface area contributed by atoms with Gasteiger partial charge in [0.25, 0.3) is 0 Å². The van der Waals surface area contributed by atoms with Crippen molar-refractivity contribution in [1.82, 2.24) is 0 Å². The topological polar surface area (TPSA) is 35.5 Å². The maximum atomic E-state index is 12.0. The van der Waals surface area contributed by atoms with Gasteiger partial charge in [0.15, 0.2) is 12.4 Å². The maximum absolute atomic E-state index is 12.0. The third kappa shape index (κ3) is 4.95. The standard InChI is InChI=1S/C18H20O3/c1-18(2,3)21-16-11-9-14(10-12-16)17(19)13-20-15-7-5-4-6-8-15/h4-12H,13H2,1-3H3. The Balaban J connectivity index is 1.94. The summed E-state index contributed by atoms with van der Waals surface area (Å²) in [4.78, 5) is 12.0. The highest BCUT2D eigenvalue weighted by Crippen LogP contribution is 2.19. The van der Waals surface area contributed by atoms with Crippen molar-refractivity contribution in [2.75, 3.05) is 6.61 Å². The lowest BCUT2D eigenvalue weighted by Crippen LogP contribution is -2.22. The van der Waals surface area contributed by atoms with Crippen LogP contribution in [0.5, 0.6) is 11.5 Å². The molecule has 2 rings (SSSR count). The highest BCUT2D eigenvalue weighted by atomic mass is 16.5. The number of rotatable bonds is 5. The van der Waals surface area contributed by atoms with Gasteiger partial charge < -0.3 is 9.47 Å². The van der Waals surface area contributed by atoms with Gasteiger partial charge in [0.1, 0.15) is 17.1 Å². The van der Waals surface area contributed by atoms with Gasteiger partial charge in [-0.2, -0.15) is 0 Å². The van der Waals surface area contributed by atoms with Gasteiger partial charge in [-0.3, -0.25) is 4.79 Å². The number of hydrogen-bond acceptors (Lipinski definition) is 3.